The van der Waals surface area contributed by atoms with E-state index in [1.807, 2.05) is 36.4 Å². The summed E-state index contributed by atoms with van der Waals surface area (Å²) >= 11 is 0. The van der Waals surface area contributed by atoms with E-state index >= 15 is 0 Å². The normalized spacial score (nSPS) is 11.7. The van der Waals surface area contributed by atoms with Crippen molar-refractivity contribution in [1.29, 1.82) is 0 Å². The number of benzene rings is 3. The van der Waals surface area contributed by atoms with Crippen molar-refractivity contribution in [2.45, 2.75) is 78.2 Å². The van der Waals surface area contributed by atoms with Crippen molar-refractivity contribution in [2.75, 3.05) is 0 Å². The van der Waals surface area contributed by atoms with Crippen molar-refractivity contribution in [2.24, 2.45) is 0 Å². The smallest absolute Gasteiger partial charge is 0.338 e. The van der Waals surface area contributed by atoms with Crippen LogP contribution in [0.3, 0.4) is 0 Å². The van der Waals surface area contributed by atoms with Gasteiger partial charge in [-0.25, -0.2) is 4.79 Å². The van der Waals surface area contributed by atoms with Crippen LogP contribution in [0.25, 0.3) is 11.1 Å². The molecule has 0 heterocycles. The zero-order valence-corrected chi connectivity index (χ0v) is 21.4. The Kier molecular flexibility index (Phi) is 10.3. The zero-order valence-electron chi connectivity index (χ0n) is 21.4. The van der Waals surface area contributed by atoms with Crippen molar-refractivity contribution < 1.29 is 14.3 Å². The molecule has 0 radical (unpaired) electrons. The summed E-state index contributed by atoms with van der Waals surface area (Å²) in [7, 11) is 0. The molecule has 1 atom stereocenters. The fourth-order valence-electron chi connectivity index (χ4n) is 4.15. The number of Topliss-reactive ketones (excluding diaryl/α,β-unsaturated/α-hetero) is 1. The minimum absolute atomic E-state index is 0.188. The number of aryl methyl sites for hydroxylation is 2. The number of hydrogen-bond donors (Lipinski definition) is 0. The van der Waals surface area contributed by atoms with Gasteiger partial charge in [0.05, 0.1) is 5.56 Å². The highest BCUT2D eigenvalue weighted by Gasteiger charge is 2.20. The summed E-state index contributed by atoms with van der Waals surface area (Å²) < 4.78 is 5.48. The molecule has 0 bridgehead atoms. The molecule has 0 spiro atoms. The molecule has 0 aliphatic carbocycles. The molecule has 1 unspecified atom stereocenters. The Bertz CT molecular complexity index is 1060. The van der Waals surface area contributed by atoms with E-state index in [9.17, 15) is 9.59 Å². The van der Waals surface area contributed by atoms with Gasteiger partial charge >= 0.3 is 5.97 Å². The van der Waals surface area contributed by atoms with E-state index in [0.29, 0.717) is 11.1 Å². The number of ketones is 1. The Labute approximate surface area is 210 Å². The SMILES string of the molecule is CCCCCCc1ccc(-c2ccc(C(=O)OC(C)C(=O)c3ccc(CCCC)cc3)cc2)cc1. The van der Waals surface area contributed by atoms with E-state index in [1.54, 1.807) is 19.1 Å². The van der Waals surface area contributed by atoms with Crippen LogP contribution in [0.1, 0.15) is 91.1 Å². The minimum atomic E-state index is -0.839. The molecular weight excluding hydrogens is 432 g/mol. The summed E-state index contributed by atoms with van der Waals surface area (Å²) in [5, 5.41) is 0. The van der Waals surface area contributed by atoms with Crippen LogP contribution >= 0.6 is 0 Å². The molecule has 3 heteroatoms. The number of hydrogen-bond acceptors (Lipinski definition) is 3. The Balaban J connectivity index is 1.55. The second-order valence-corrected chi connectivity index (χ2v) is 9.30. The lowest BCUT2D eigenvalue weighted by atomic mass is 10.00. The van der Waals surface area contributed by atoms with E-state index in [4.69, 9.17) is 4.74 Å². The van der Waals surface area contributed by atoms with Gasteiger partial charge in [-0.15, -0.1) is 0 Å². The van der Waals surface area contributed by atoms with Crippen molar-refractivity contribution in [3.05, 3.63) is 95.1 Å². The van der Waals surface area contributed by atoms with Crippen LogP contribution in [-0.4, -0.2) is 17.9 Å². The molecule has 0 saturated heterocycles. The van der Waals surface area contributed by atoms with Crippen LogP contribution in [0.15, 0.2) is 72.8 Å². The molecule has 3 rings (SSSR count). The molecular formula is C32H38O3. The van der Waals surface area contributed by atoms with E-state index in [1.165, 1.54) is 36.8 Å². The standard InChI is InChI=1S/C32H38O3/c1-4-6-8-9-11-26-12-16-27(17-13-26)28-20-22-30(23-21-28)32(34)35-24(3)31(33)29-18-14-25(15-19-29)10-7-5-2/h12-24H,4-11H2,1-3H3. The third kappa shape index (κ3) is 7.92. The van der Waals surface area contributed by atoms with Crippen LogP contribution in [0.5, 0.6) is 0 Å². The summed E-state index contributed by atoms with van der Waals surface area (Å²) in [4.78, 5) is 25.4. The highest BCUT2D eigenvalue weighted by atomic mass is 16.5. The van der Waals surface area contributed by atoms with Gasteiger partial charge in [-0.2, -0.15) is 0 Å². The topological polar surface area (TPSA) is 43.4 Å². The first-order valence-corrected chi connectivity index (χ1v) is 13.0. The third-order valence-corrected chi connectivity index (χ3v) is 6.44. The van der Waals surface area contributed by atoms with Gasteiger partial charge in [0.1, 0.15) is 0 Å². The predicted molar refractivity (Wildman–Crippen MR) is 144 cm³/mol. The van der Waals surface area contributed by atoms with Crippen LogP contribution in [-0.2, 0) is 17.6 Å². The fraction of sp³-hybridized carbons (Fsp3) is 0.375. The van der Waals surface area contributed by atoms with Crippen molar-refractivity contribution in [3.63, 3.8) is 0 Å². The highest BCUT2D eigenvalue weighted by Crippen LogP contribution is 2.22. The molecule has 0 saturated carbocycles. The predicted octanol–water partition coefficient (Wildman–Crippen LogP) is 8.25. The Morgan fingerprint density at radius 2 is 1.11 bits per heavy atom. The summed E-state index contributed by atoms with van der Waals surface area (Å²) in [6.45, 7) is 6.02. The van der Waals surface area contributed by atoms with Gasteiger partial charge in [0.25, 0.3) is 0 Å². The minimum Gasteiger partial charge on any atom is -0.451 e. The maximum atomic E-state index is 12.7. The molecule has 35 heavy (non-hydrogen) atoms. The molecule has 0 aliphatic rings. The molecule has 0 aliphatic heterocycles. The third-order valence-electron chi connectivity index (χ3n) is 6.44. The molecule has 3 aromatic carbocycles. The van der Waals surface area contributed by atoms with Gasteiger partial charge < -0.3 is 4.74 Å². The van der Waals surface area contributed by atoms with Gasteiger partial charge in [0.15, 0.2) is 6.10 Å². The lowest BCUT2D eigenvalue weighted by Crippen LogP contribution is -2.24. The number of carbonyl (C=O) groups is 2. The number of rotatable bonds is 13. The van der Waals surface area contributed by atoms with Crippen LogP contribution in [0.4, 0.5) is 0 Å². The Morgan fingerprint density at radius 1 is 0.629 bits per heavy atom. The highest BCUT2D eigenvalue weighted by molar-refractivity contribution is 6.01. The first kappa shape index (κ1) is 26.4. The van der Waals surface area contributed by atoms with Gasteiger partial charge in [-0.3, -0.25) is 4.79 Å². The van der Waals surface area contributed by atoms with Crippen molar-refractivity contribution in [1.82, 2.24) is 0 Å². The number of ether oxygens (including phenoxy) is 1. The number of esters is 1. The second kappa shape index (κ2) is 13.6. The largest absolute Gasteiger partial charge is 0.451 e. The van der Waals surface area contributed by atoms with Gasteiger partial charge in [0, 0.05) is 5.56 Å². The summed E-state index contributed by atoms with van der Waals surface area (Å²) in [6.07, 6.45) is 8.62. The van der Waals surface area contributed by atoms with Crippen LogP contribution in [0.2, 0.25) is 0 Å². The van der Waals surface area contributed by atoms with Crippen molar-refractivity contribution in [3.8, 4) is 11.1 Å². The molecule has 3 aromatic rings. The molecule has 184 valence electrons. The van der Waals surface area contributed by atoms with E-state index < -0.39 is 12.1 Å². The lowest BCUT2D eigenvalue weighted by Gasteiger charge is -2.13. The first-order chi connectivity index (χ1) is 17.0. The molecule has 3 nitrogen and oxygen atoms in total. The van der Waals surface area contributed by atoms with Crippen LogP contribution < -0.4 is 0 Å². The summed E-state index contributed by atoms with van der Waals surface area (Å²) in [5.74, 6) is -0.675. The average molecular weight is 471 g/mol. The van der Waals surface area contributed by atoms with E-state index in [-0.39, 0.29) is 5.78 Å². The van der Waals surface area contributed by atoms with Crippen LogP contribution in [0, 0.1) is 0 Å². The maximum Gasteiger partial charge on any atom is 0.338 e. The number of carbonyl (C=O) groups excluding carboxylic acids is 2. The Hall–Kier alpha value is -3.20. The monoisotopic (exact) mass is 470 g/mol. The quantitative estimate of drug-likeness (QED) is 0.143. The van der Waals surface area contributed by atoms with Gasteiger partial charge in [-0.1, -0.05) is 100 Å². The molecule has 0 amide bonds. The van der Waals surface area contributed by atoms with E-state index in [0.717, 1.165) is 36.8 Å². The zero-order chi connectivity index (χ0) is 25.0. The lowest BCUT2D eigenvalue weighted by molar-refractivity contribution is 0.0319. The summed E-state index contributed by atoms with van der Waals surface area (Å²) in [5.41, 5.74) is 5.75. The fourth-order valence-corrected chi connectivity index (χ4v) is 4.15. The maximum absolute atomic E-state index is 12.7. The Morgan fingerprint density at radius 3 is 1.69 bits per heavy atom. The molecule has 0 fully saturated rings. The molecule has 0 N–H and O–H groups in total. The second-order valence-electron chi connectivity index (χ2n) is 9.30. The van der Waals surface area contributed by atoms with E-state index in [2.05, 4.69) is 38.1 Å². The summed E-state index contributed by atoms with van der Waals surface area (Å²) in [6, 6.07) is 23.6. The first-order valence-electron chi connectivity index (χ1n) is 13.0. The average Bonchev–Trinajstić information content (AvgIpc) is 2.90. The van der Waals surface area contributed by atoms with Crippen molar-refractivity contribution >= 4 is 11.8 Å². The molecule has 0 aromatic heterocycles. The number of unbranched alkanes of at least 4 members (excludes halogenated alkanes) is 4. The van der Waals surface area contributed by atoms with Gasteiger partial charge in [0.2, 0.25) is 5.78 Å². The van der Waals surface area contributed by atoms with Gasteiger partial charge in [-0.05, 0) is 67.0 Å².